The Hall–Kier alpha value is -0.610. The number of methoxy groups -OCH3 is 1. The highest BCUT2D eigenvalue weighted by molar-refractivity contribution is 5.71. The van der Waals surface area contributed by atoms with Crippen molar-refractivity contribution < 1.29 is 19.3 Å². The van der Waals surface area contributed by atoms with Gasteiger partial charge in [-0.2, -0.15) is 0 Å². The van der Waals surface area contributed by atoms with Crippen LogP contribution < -0.4 is 0 Å². The van der Waals surface area contributed by atoms with Gasteiger partial charge in [-0.1, -0.05) is 0 Å². The van der Waals surface area contributed by atoms with Crippen LogP contribution in [0.1, 0.15) is 6.92 Å². The number of ether oxygens (including phenoxy) is 1. The third kappa shape index (κ3) is 3.42. The summed E-state index contributed by atoms with van der Waals surface area (Å²) in [6.45, 7) is 1.92. The van der Waals surface area contributed by atoms with Gasteiger partial charge in [0.25, 0.3) is 0 Å². The third-order valence-electron chi connectivity index (χ3n) is 1.04. The molecule has 0 fully saturated rings. The number of rotatable bonds is 4. The van der Waals surface area contributed by atoms with Gasteiger partial charge in [-0.05, 0) is 6.92 Å². The Bertz CT molecular complexity index is 102. The zero-order valence-electron chi connectivity index (χ0n) is 6.42. The Kier molecular flexibility index (Phi) is 4.88. The molecule has 1 atom stereocenters. The maximum absolute atomic E-state index is 10.7. The Morgan fingerprint density at radius 3 is 2.50 bits per heavy atom. The van der Waals surface area contributed by atoms with E-state index in [1.807, 2.05) is 0 Å². The number of carbonyl (C=O) groups is 1. The maximum Gasteiger partial charge on any atom is 0.310 e. The van der Waals surface area contributed by atoms with Crippen molar-refractivity contribution in [1.29, 1.82) is 0 Å². The summed E-state index contributed by atoms with van der Waals surface area (Å²) >= 11 is 0. The van der Waals surface area contributed by atoms with Gasteiger partial charge in [-0.25, -0.2) is 9.78 Å². The molecule has 0 N–H and O–H groups in total. The Morgan fingerprint density at radius 2 is 2.10 bits per heavy atom. The average molecular weight is 148 g/mol. The molecule has 0 amide bonds. The first-order chi connectivity index (χ1) is 4.72. The molecule has 0 aromatic heterocycles. The van der Waals surface area contributed by atoms with E-state index in [1.54, 1.807) is 6.92 Å². The Morgan fingerprint density at radius 1 is 1.50 bits per heavy atom. The number of esters is 1. The smallest absolute Gasteiger partial charge is 0.310 e. The van der Waals surface area contributed by atoms with Gasteiger partial charge in [0.1, 0.15) is 0 Å². The van der Waals surface area contributed by atoms with E-state index in [-0.39, 0.29) is 18.5 Å². The van der Waals surface area contributed by atoms with Crippen LogP contribution in [-0.4, -0.2) is 26.8 Å². The van der Waals surface area contributed by atoms with Crippen LogP contribution in [0.2, 0.25) is 0 Å². The molecule has 0 saturated carbocycles. The molecule has 60 valence electrons. The van der Waals surface area contributed by atoms with Crippen LogP contribution in [0.15, 0.2) is 0 Å². The second kappa shape index (κ2) is 5.20. The Labute approximate surface area is 60.0 Å². The van der Waals surface area contributed by atoms with Crippen LogP contribution in [-0.2, 0) is 19.3 Å². The minimum atomic E-state index is -0.294. The summed E-state index contributed by atoms with van der Waals surface area (Å²) in [5.74, 6) is -0.568. The highest BCUT2D eigenvalue weighted by atomic mass is 17.2. The van der Waals surface area contributed by atoms with E-state index in [0.717, 1.165) is 0 Å². The quantitative estimate of drug-likeness (QED) is 0.328. The largest absolute Gasteiger partial charge is 0.469 e. The van der Waals surface area contributed by atoms with Crippen molar-refractivity contribution in [2.24, 2.45) is 5.92 Å². The van der Waals surface area contributed by atoms with Gasteiger partial charge in [0.05, 0.1) is 26.7 Å². The fraction of sp³-hybridized carbons (Fsp3) is 0.833. The molecule has 0 aromatic rings. The van der Waals surface area contributed by atoms with Crippen LogP contribution in [0.5, 0.6) is 0 Å². The van der Waals surface area contributed by atoms with Crippen LogP contribution in [0, 0.1) is 5.92 Å². The summed E-state index contributed by atoms with van der Waals surface area (Å²) in [6.07, 6.45) is 0. The molecule has 0 spiro atoms. The predicted octanol–water partition coefficient (Wildman–Crippen LogP) is 0.373. The SMILES string of the molecule is COOCC(C)C(=O)OC. The molecule has 0 radical (unpaired) electrons. The van der Waals surface area contributed by atoms with Crippen LogP contribution in [0.3, 0.4) is 0 Å². The van der Waals surface area contributed by atoms with Gasteiger partial charge >= 0.3 is 5.97 Å². The van der Waals surface area contributed by atoms with Gasteiger partial charge in [-0.3, -0.25) is 4.79 Å². The molecule has 0 aliphatic rings. The summed E-state index contributed by atoms with van der Waals surface area (Å²) in [6, 6.07) is 0. The highest BCUT2D eigenvalue weighted by Gasteiger charge is 2.12. The molecule has 0 rings (SSSR count). The molecular formula is C6H12O4. The van der Waals surface area contributed by atoms with Gasteiger partial charge in [0.15, 0.2) is 0 Å². The molecule has 4 heteroatoms. The molecular weight excluding hydrogens is 136 g/mol. The second-order valence-electron chi connectivity index (χ2n) is 1.88. The molecule has 0 aliphatic heterocycles. The van der Waals surface area contributed by atoms with Crippen molar-refractivity contribution in [3.8, 4) is 0 Å². The minimum Gasteiger partial charge on any atom is -0.469 e. The van der Waals surface area contributed by atoms with Gasteiger partial charge in [0, 0.05) is 0 Å². The van der Waals surface area contributed by atoms with Gasteiger partial charge in [-0.15, -0.1) is 0 Å². The fourth-order valence-electron chi connectivity index (χ4n) is 0.439. The van der Waals surface area contributed by atoms with Crippen molar-refractivity contribution in [1.82, 2.24) is 0 Å². The first-order valence-electron chi connectivity index (χ1n) is 2.95. The molecule has 0 heterocycles. The van der Waals surface area contributed by atoms with Crippen molar-refractivity contribution in [2.75, 3.05) is 20.8 Å². The molecule has 0 aliphatic carbocycles. The average Bonchev–Trinajstić information content (AvgIpc) is 1.98. The summed E-state index contributed by atoms with van der Waals surface area (Å²) < 4.78 is 4.43. The lowest BCUT2D eigenvalue weighted by atomic mass is 10.2. The van der Waals surface area contributed by atoms with Gasteiger partial charge < -0.3 is 4.74 Å². The molecule has 10 heavy (non-hydrogen) atoms. The lowest BCUT2D eigenvalue weighted by Gasteiger charge is -2.06. The molecule has 0 saturated heterocycles. The molecule has 1 unspecified atom stereocenters. The predicted molar refractivity (Wildman–Crippen MR) is 34.1 cm³/mol. The topological polar surface area (TPSA) is 44.8 Å². The maximum atomic E-state index is 10.7. The van der Waals surface area contributed by atoms with Crippen LogP contribution in [0.4, 0.5) is 0 Å². The summed E-state index contributed by atoms with van der Waals surface area (Å²) in [5.41, 5.74) is 0. The highest BCUT2D eigenvalue weighted by Crippen LogP contribution is 1.97. The van der Waals surface area contributed by atoms with E-state index in [1.165, 1.54) is 14.2 Å². The van der Waals surface area contributed by atoms with E-state index in [0.29, 0.717) is 0 Å². The molecule has 0 bridgehead atoms. The van der Waals surface area contributed by atoms with E-state index < -0.39 is 0 Å². The zero-order valence-corrected chi connectivity index (χ0v) is 6.42. The summed E-state index contributed by atoms with van der Waals surface area (Å²) in [5, 5.41) is 0. The van der Waals surface area contributed by atoms with Crippen molar-refractivity contribution in [2.45, 2.75) is 6.92 Å². The van der Waals surface area contributed by atoms with Crippen molar-refractivity contribution in [3.63, 3.8) is 0 Å². The van der Waals surface area contributed by atoms with E-state index in [9.17, 15) is 4.79 Å². The third-order valence-corrected chi connectivity index (χ3v) is 1.04. The first kappa shape index (κ1) is 9.39. The van der Waals surface area contributed by atoms with Crippen molar-refractivity contribution in [3.05, 3.63) is 0 Å². The molecule has 4 nitrogen and oxygen atoms in total. The standard InChI is InChI=1S/C6H12O4/c1-5(4-10-9-3)6(7)8-2/h5H,4H2,1-3H3. The lowest BCUT2D eigenvalue weighted by Crippen LogP contribution is -2.17. The monoisotopic (exact) mass is 148 g/mol. The van der Waals surface area contributed by atoms with E-state index in [4.69, 9.17) is 0 Å². The van der Waals surface area contributed by atoms with Crippen LogP contribution >= 0.6 is 0 Å². The van der Waals surface area contributed by atoms with Gasteiger partial charge in [0.2, 0.25) is 0 Å². The molecule has 0 aromatic carbocycles. The number of hydrogen-bond acceptors (Lipinski definition) is 4. The number of hydrogen-bond donors (Lipinski definition) is 0. The lowest BCUT2D eigenvalue weighted by molar-refractivity contribution is -0.278. The summed E-state index contributed by atoms with van der Waals surface area (Å²) in [7, 11) is 2.73. The fourth-order valence-corrected chi connectivity index (χ4v) is 0.439. The first-order valence-corrected chi connectivity index (χ1v) is 2.95. The minimum absolute atomic E-state index is 0.225. The normalized spacial score (nSPS) is 12.7. The summed E-state index contributed by atoms with van der Waals surface area (Å²) in [4.78, 5) is 19.5. The van der Waals surface area contributed by atoms with Crippen LogP contribution in [0.25, 0.3) is 0 Å². The van der Waals surface area contributed by atoms with E-state index >= 15 is 0 Å². The van der Waals surface area contributed by atoms with E-state index in [2.05, 4.69) is 14.5 Å². The Balaban J connectivity index is 3.41. The zero-order chi connectivity index (χ0) is 7.98. The second-order valence-corrected chi connectivity index (χ2v) is 1.88. The van der Waals surface area contributed by atoms with Crippen molar-refractivity contribution >= 4 is 5.97 Å². The number of carbonyl (C=O) groups excluding carboxylic acids is 1.